The first kappa shape index (κ1) is 15.9. The Morgan fingerprint density at radius 1 is 1.45 bits per heavy atom. The summed E-state index contributed by atoms with van der Waals surface area (Å²) in [6, 6.07) is 1.61. The Morgan fingerprint density at radius 2 is 2.23 bits per heavy atom. The van der Waals surface area contributed by atoms with Crippen molar-refractivity contribution in [3.05, 3.63) is 24.7 Å². The van der Waals surface area contributed by atoms with E-state index in [0.717, 1.165) is 11.3 Å². The second-order valence-corrected chi connectivity index (χ2v) is 5.53. The molecule has 2 heterocycles. The number of nitrogens with zero attached hydrogens (tertiary/aromatic N) is 5. The summed E-state index contributed by atoms with van der Waals surface area (Å²) in [5.41, 5.74) is 1.61. The molecule has 7 nitrogen and oxygen atoms in total. The van der Waals surface area contributed by atoms with Crippen molar-refractivity contribution >= 4 is 12.0 Å². The number of aryl methyl sites for hydroxylation is 1. The molecule has 0 bridgehead atoms. The zero-order valence-electron chi connectivity index (χ0n) is 13.4. The summed E-state index contributed by atoms with van der Waals surface area (Å²) in [6.45, 7) is 7.46. The lowest BCUT2D eigenvalue weighted by molar-refractivity contribution is 0.207. The van der Waals surface area contributed by atoms with Crippen LogP contribution in [-0.2, 0) is 7.05 Å². The lowest BCUT2D eigenvalue weighted by Crippen LogP contribution is -2.37. The molecule has 0 aliphatic heterocycles. The molecule has 2 amide bonds. The van der Waals surface area contributed by atoms with Crippen LogP contribution in [0.4, 0.5) is 10.7 Å². The number of hydrogen-bond acceptors (Lipinski definition) is 4. The van der Waals surface area contributed by atoms with E-state index in [-0.39, 0.29) is 6.03 Å². The first-order chi connectivity index (χ1) is 10.5. The van der Waals surface area contributed by atoms with Crippen LogP contribution in [0.3, 0.4) is 0 Å². The molecule has 0 aliphatic carbocycles. The number of urea groups is 1. The molecule has 0 fully saturated rings. The van der Waals surface area contributed by atoms with Gasteiger partial charge < -0.3 is 4.90 Å². The molecular formula is C15H22N6O. The van der Waals surface area contributed by atoms with Crippen LogP contribution >= 0.6 is 0 Å². The van der Waals surface area contributed by atoms with Gasteiger partial charge in [-0.15, -0.1) is 0 Å². The van der Waals surface area contributed by atoms with Crippen molar-refractivity contribution in [2.45, 2.75) is 20.8 Å². The second kappa shape index (κ2) is 7.02. The average Bonchev–Trinajstić information content (AvgIpc) is 2.91. The molecule has 0 spiro atoms. The van der Waals surface area contributed by atoms with E-state index in [2.05, 4.69) is 34.2 Å². The fraction of sp³-hybridized carbons (Fsp3) is 0.467. The van der Waals surface area contributed by atoms with Crippen LogP contribution in [0.1, 0.15) is 20.8 Å². The fourth-order valence-corrected chi connectivity index (χ4v) is 2.10. The van der Waals surface area contributed by atoms with Gasteiger partial charge in [0.1, 0.15) is 0 Å². The predicted molar refractivity (Wildman–Crippen MR) is 85.3 cm³/mol. The standard InChI is InChI=1S/C15H22N6O/c1-5-21(9-11(2)3)15(22)19-14-16-7-6-13(18-14)12-8-17-20(4)10-12/h6-8,10-11H,5,9H2,1-4H3,(H,16,18,19,22). The number of carbonyl (C=O) groups is 1. The Hall–Kier alpha value is -2.44. The molecule has 0 atom stereocenters. The zero-order chi connectivity index (χ0) is 16.1. The van der Waals surface area contributed by atoms with E-state index < -0.39 is 0 Å². The minimum Gasteiger partial charge on any atom is -0.324 e. The van der Waals surface area contributed by atoms with Crippen LogP contribution in [-0.4, -0.2) is 43.8 Å². The SMILES string of the molecule is CCN(CC(C)C)C(=O)Nc1nccc(-c2cnn(C)c2)n1. The lowest BCUT2D eigenvalue weighted by atomic mass is 10.2. The highest BCUT2D eigenvalue weighted by Crippen LogP contribution is 2.16. The van der Waals surface area contributed by atoms with Crippen LogP contribution in [0.5, 0.6) is 0 Å². The van der Waals surface area contributed by atoms with Crippen LogP contribution in [0.15, 0.2) is 24.7 Å². The van der Waals surface area contributed by atoms with Crippen molar-refractivity contribution in [3.63, 3.8) is 0 Å². The highest BCUT2D eigenvalue weighted by Gasteiger charge is 2.14. The zero-order valence-corrected chi connectivity index (χ0v) is 13.4. The molecule has 0 unspecified atom stereocenters. The normalized spacial score (nSPS) is 10.8. The summed E-state index contributed by atoms with van der Waals surface area (Å²) in [5.74, 6) is 0.710. The van der Waals surface area contributed by atoms with E-state index in [9.17, 15) is 4.79 Å². The third-order valence-electron chi connectivity index (χ3n) is 3.13. The van der Waals surface area contributed by atoms with Gasteiger partial charge in [0.2, 0.25) is 5.95 Å². The third-order valence-corrected chi connectivity index (χ3v) is 3.13. The molecule has 2 aromatic rings. The van der Waals surface area contributed by atoms with E-state index in [1.165, 1.54) is 0 Å². The number of nitrogens with one attached hydrogen (secondary N) is 1. The first-order valence-corrected chi connectivity index (χ1v) is 7.37. The Balaban J connectivity index is 2.11. The van der Waals surface area contributed by atoms with Gasteiger partial charge in [-0.1, -0.05) is 13.8 Å². The Labute approximate surface area is 130 Å². The number of carbonyl (C=O) groups excluding carboxylic acids is 1. The Bertz CT molecular complexity index is 636. The maximum Gasteiger partial charge on any atom is 0.324 e. The van der Waals surface area contributed by atoms with Crippen molar-refractivity contribution in [1.82, 2.24) is 24.6 Å². The molecule has 22 heavy (non-hydrogen) atoms. The third kappa shape index (κ3) is 4.03. The molecule has 0 aliphatic rings. The minimum atomic E-state index is -0.181. The van der Waals surface area contributed by atoms with Crippen molar-refractivity contribution in [2.24, 2.45) is 13.0 Å². The quantitative estimate of drug-likeness (QED) is 0.920. The summed E-state index contributed by atoms with van der Waals surface area (Å²) in [6.07, 6.45) is 5.22. The Morgan fingerprint density at radius 3 is 2.82 bits per heavy atom. The first-order valence-electron chi connectivity index (χ1n) is 7.37. The second-order valence-electron chi connectivity index (χ2n) is 5.53. The van der Waals surface area contributed by atoms with Crippen molar-refractivity contribution < 1.29 is 4.79 Å². The minimum absolute atomic E-state index is 0.181. The molecule has 7 heteroatoms. The maximum absolute atomic E-state index is 12.2. The summed E-state index contributed by atoms with van der Waals surface area (Å²) >= 11 is 0. The summed E-state index contributed by atoms with van der Waals surface area (Å²) in [7, 11) is 1.85. The summed E-state index contributed by atoms with van der Waals surface area (Å²) in [4.78, 5) is 22.5. The molecular weight excluding hydrogens is 280 g/mol. The monoisotopic (exact) mass is 302 g/mol. The van der Waals surface area contributed by atoms with Gasteiger partial charge in [-0.3, -0.25) is 10.00 Å². The van der Waals surface area contributed by atoms with Gasteiger partial charge in [0.25, 0.3) is 0 Å². The number of amides is 2. The lowest BCUT2D eigenvalue weighted by Gasteiger charge is -2.22. The molecule has 2 rings (SSSR count). The molecule has 1 N–H and O–H groups in total. The van der Waals surface area contributed by atoms with Crippen LogP contribution < -0.4 is 5.32 Å². The van der Waals surface area contributed by atoms with E-state index in [4.69, 9.17) is 0 Å². The molecule has 0 aromatic carbocycles. The molecule has 0 saturated carbocycles. The average molecular weight is 302 g/mol. The number of anilines is 1. The molecule has 118 valence electrons. The van der Waals surface area contributed by atoms with E-state index in [1.54, 1.807) is 28.0 Å². The highest BCUT2D eigenvalue weighted by molar-refractivity contribution is 5.87. The highest BCUT2D eigenvalue weighted by atomic mass is 16.2. The van der Waals surface area contributed by atoms with Crippen molar-refractivity contribution in [1.29, 1.82) is 0 Å². The van der Waals surface area contributed by atoms with E-state index in [1.807, 2.05) is 20.2 Å². The smallest absolute Gasteiger partial charge is 0.324 e. The van der Waals surface area contributed by atoms with E-state index >= 15 is 0 Å². The van der Waals surface area contributed by atoms with Gasteiger partial charge >= 0.3 is 6.03 Å². The summed E-state index contributed by atoms with van der Waals surface area (Å²) < 4.78 is 1.71. The molecule has 2 aromatic heterocycles. The van der Waals surface area contributed by atoms with Crippen LogP contribution in [0.2, 0.25) is 0 Å². The van der Waals surface area contributed by atoms with Gasteiger partial charge in [0.05, 0.1) is 11.9 Å². The van der Waals surface area contributed by atoms with Crippen LogP contribution in [0, 0.1) is 5.92 Å². The molecule has 0 radical (unpaired) electrons. The molecule has 0 saturated heterocycles. The Kier molecular flexibility index (Phi) is 5.08. The predicted octanol–water partition coefficient (Wildman–Crippen LogP) is 2.39. The van der Waals surface area contributed by atoms with Gasteiger partial charge in [-0.25, -0.2) is 14.8 Å². The van der Waals surface area contributed by atoms with Gasteiger partial charge in [-0.2, -0.15) is 5.10 Å². The largest absolute Gasteiger partial charge is 0.324 e. The fourth-order valence-electron chi connectivity index (χ4n) is 2.10. The maximum atomic E-state index is 12.2. The van der Waals surface area contributed by atoms with E-state index in [0.29, 0.717) is 25.0 Å². The number of rotatable bonds is 5. The van der Waals surface area contributed by atoms with Gasteiger partial charge in [0.15, 0.2) is 0 Å². The van der Waals surface area contributed by atoms with Gasteiger partial charge in [0, 0.05) is 38.1 Å². The number of aromatic nitrogens is 4. The topological polar surface area (TPSA) is 75.9 Å². The van der Waals surface area contributed by atoms with Crippen molar-refractivity contribution in [2.75, 3.05) is 18.4 Å². The van der Waals surface area contributed by atoms with Crippen LogP contribution in [0.25, 0.3) is 11.3 Å². The van der Waals surface area contributed by atoms with Crippen molar-refractivity contribution in [3.8, 4) is 11.3 Å². The number of hydrogen-bond donors (Lipinski definition) is 1. The van der Waals surface area contributed by atoms with Gasteiger partial charge in [-0.05, 0) is 18.9 Å². The summed E-state index contributed by atoms with van der Waals surface area (Å²) in [5, 5.41) is 6.87.